The predicted octanol–water partition coefficient (Wildman–Crippen LogP) is 16.2. The molecule has 0 saturated carbocycles. The van der Waals surface area contributed by atoms with E-state index in [4.69, 9.17) is 0 Å². The fraction of sp³-hybridized carbons (Fsp3) is 0.521. The summed E-state index contributed by atoms with van der Waals surface area (Å²) in [5.41, 5.74) is 9.25. The summed E-state index contributed by atoms with van der Waals surface area (Å²) in [4.78, 5) is 3.96. The molecular formula is C48H77F2N. The van der Waals surface area contributed by atoms with Gasteiger partial charge in [-0.2, -0.15) is 0 Å². The van der Waals surface area contributed by atoms with Crippen molar-refractivity contribution in [2.45, 2.75) is 166 Å². The molecular weight excluding hydrogens is 629 g/mol. The van der Waals surface area contributed by atoms with Crippen molar-refractivity contribution in [3.8, 4) is 0 Å². The van der Waals surface area contributed by atoms with E-state index in [0.29, 0.717) is 0 Å². The topological polar surface area (TPSA) is 12.9 Å². The lowest BCUT2D eigenvalue weighted by Crippen LogP contribution is -2.09. The molecule has 0 spiro atoms. The molecule has 1 nitrogen and oxygen atoms in total. The maximum Gasteiger partial charge on any atom is 0.266 e. The van der Waals surface area contributed by atoms with E-state index in [0.717, 1.165) is 32.6 Å². The molecule has 3 rings (SSSR count). The van der Waals surface area contributed by atoms with Gasteiger partial charge in [-0.1, -0.05) is 159 Å². The number of rotatable bonds is 15. The highest BCUT2D eigenvalue weighted by Gasteiger charge is 2.20. The van der Waals surface area contributed by atoms with Crippen LogP contribution in [0.1, 0.15) is 161 Å². The third-order valence-corrected chi connectivity index (χ3v) is 7.88. The number of unbranched alkanes of at least 4 members (excludes halogenated alkanes) is 5. The van der Waals surface area contributed by atoms with E-state index in [9.17, 15) is 8.78 Å². The van der Waals surface area contributed by atoms with Crippen LogP contribution in [0.25, 0.3) is 5.57 Å². The maximum atomic E-state index is 11.7. The van der Waals surface area contributed by atoms with Gasteiger partial charge in [-0.3, -0.25) is 4.98 Å². The minimum absolute atomic E-state index is 0.0903. The lowest BCUT2D eigenvalue weighted by molar-refractivity contribution is 0.0641. The largest absolute Gasteiger partial charge is 0.266 e. The Kier molecular flexibility index (Phi) is 35.8. The van der Waals surface area contributed by atoms with Crippen molar-refractivity contribution in [3.05, 3.63) is 132 Å². The van der Waals surface area contributed by atoms with E-state index in [2.05, 4.69) is 128 Å². The molecule has 288 valence electrons. The lowest BCUT2D eigenvalue weighted by atomic mass is 9.99. The van der Waals surface area contributed by atoms with E-state index in [1.165, 1.54) is 104 Å². The molecule has 51 heavy (non-hydrogen) atoms. The molecule has 0 aliphatic rings. The molecule has 0 saturated heterocycles. The third-order valence-electron chi connectivity index (χ3n) is 7.88. The Labute approximate surface area is 315 Å². The van der Waals surface area contributed by atoms with Gasteiger partial charge in [0, 0.05) is 19.3 Å². The van der Waals surface area contributed by atoms with Gasteiger partial charge in [0.15, 0.2) is 0 Å². The molecule has 1 heterocycles. The van der Waals surface area contributed by atoms with Gasteiger partial charge in [-0.05, 0) is 112 Å². The second-order valence-corrected chi connectivity index (χ2v) is 13.0. The van der Waals surface area contributed by atoms with Crippen molar-refractivity contribution in [2.75, 3.05) is 0 Å². The quantitative estimate of drug-likeness (QED) is 0.113. The summed E-state index contributed by atoms with van der Waals surface area (Å²) in [7, 11) is 0. The average molecular weight is 706 g/mol. The summed E-state index contributed by atoms with van der Waals surface area (Å²) < 4.78 is 23.5. The monoisotopic (exact) mass is 706 g/mol. The zero-order chi connectivity index (χ0) is 39.5. The first-order valence-corrected chi connectivity index (χ1v) is 19.6. The number of halogens is 2. The van der Waals surface area contributed by atoms with Crippen molar-refractivity contribution in [2.24, 2.45) is 0 Å². The van der Waals surface area contributed by atoms with Crippen molar-refractivity contribution in [1.82, 2.24) is 4.98 Å². The summed E-state index contributed by atoms with van der Waals surface area (Å²) in [5, 5.41) is 0. The van der Waals surface area contributed by atoms with E-state index >= 15 is 0 Å². The molecule has 0 unspecified atom stereocenters. The molecule has 0 N–H and O–H groups in total. The van der Waals surface area contributed by atoms with Crippen LogP contribution in [0.5, 0.6) is 0 Å². The summed E-state index contributed by atoms with van der Waals surface area (Å²) in [6.45, 7) is 32.5. The Hall–Kier alpha value is -3.33. The van der Waals surface area contributed by atoms with Gasteiger partial charge in [-0.25, -0.2) is 8.78 Å². The first kappa shape index (κ1) is 52.0. The number of benzene rings is 2. The highest BCUT2D eigenvalue weighted by atomic mass is 19.3. The summed E-state index contributed by atoms with van der Waals surface area (Å²) >= 11 is 0. The average Bonchev–Trinajstić information content (AvgIpc) is 3.14. The number of hydrogen-bond donors (Lipinski definition) is 0. The van der Waals surface area contributed by atoms with Crippen LogP contribution in [0, 0.1) is 6.92 Å². The third kappa shape index (κ3) is 33.6. The van der Waals surface area contributed by atoms with Crippen LogP contribution >= 0.6 is 0 Å². The smallest absolute Gasteiger partial charge is 0.264 e. The first-order chi connectivity index (χ1) is 24.2. The second kappa shape index (κ2) is 35.1. The van der Waals surface area contributed by atoms with Crippen LogP contribution < -0.4 is 0 Å². The molecule has 0 atom stereocenters. The van der Waals surface area contributed by atoms with Gasteiger partial charge < -0.3 is 0 Å². The molecule has 1 aromatic heterocycles. The Balaban J connectivity index is -0.000000590. The Morgan fingerprint density at radius 1 is 0.647 bits per heavy atom. The molecule has 3 aromatic rings. The minimum Gasteiger partial charge on any atom is -0.264 e. The number of hydrogen-bond acceptors (Lipinski definition) is 1. The summed E-state index contributed by atoms with van der Waals surface area (Å²) in [6.07, 6.45) is 19.9. The molecule has 0 bridgehead atoms. The summed E-state index contributed by atoms with van der Waals surface area (Å²) in [5.74, 6) is -2.69. The van der Waals surface area contributed by atoms with Crippen LogP contribution in [0.2, 0.25) is 0 Å². The first-order valence-electron chi connectivity index (χ1n) is 19.6. The molecule has 2 aromatic carbocycles. The summed E-state index contributed by atoms with van der Waals surface area (Å²) in [6, 6.07) is 21.7. The van der Waals surface area contributed by atoms with Gasteiger partial charge in [0.1, 0.15) is 0 Å². The van der Waals surface area contributed by atoms with Crippen LogP contribution in [0.4, 0.5) is 8.78 Å². The van der Waals surface area contributed by atoms with E-state index in [1.54, 1.807) is 6.20 Å². The minimum atomic E-state index is -2.69. The Morgan fingerprint density at radius 2 is 1.12 bits per heavy atom. The Bertz CT molecular complexity index is 1220. The van der Waals surface area contributed by atoms with Gasteiger partial charge in [0.05, 0.1) is 0 Å². The SMILES string of the molecule is C=C(C)C(C)(F)F.C=C(C)CCCCC(=C)c1ccc(CC)cc1.CC.CCCCCC.CCCCc1ccc(C)cc1.CCc1cccnc1. The van der Waals surface area contributed by atoms with E-state index < -0.39 is 5.92 Å². The lowest BCUT2D eigenvalue weighted by Gasteiger charge is -2.07. The van der Waals surface area contributed by atoms with Crippen molar-refractivity contribution < 1.29 is 8.78 Å². The van der Waals surface area contributed by atoms with Gasteiger partial charge >= 0.3 is 0 Å². The van der Waals surface area contributed by atoms with Crippen LogP contribution in [-0.2, 0) is 19.3 Å². The number of alkyl halides is 2. The van der Waals surface area contributed by atoms with E-state index in [1.807, 2.05) is 26.1 Å². The number of aromatic nitrogens is 1. The van der Waals surface area contributed by atoms with E-state index in [-0.39, 0.29) is 5.57 Å². The maximum absolute atomic E-state index is 11.7. The highest BCUT2D eigenvalue weighted by Crippen LogP contribution is 2.21. The molecule has 0 radical (unpaired) electrons. The van der Waals surface area contributed by atoms with Crippen LogP contribution in [-0.4, -0.2) is 10.9 Å². The predicted molar refractivity (Wildman–Crippen MR) is 228 cm³/mol. The van der Waals surface area contributed by atoms with Gasteiger partial charge in [0.25, 0.3) is 5.92 Å². The standard InChI is InChI=1S/C17H24.C11H16.C7H9N.C6H14.C5H8F2.C2H6/c1-5-16-10-12-17(13-11-16)15(4)9-7-6-8-14(2)3;1-3-4-5-11-8-6-10(2)7-9-11;1-2-7-4-3-5-8-6-7;1-3-5-6-4-2;1-4(2)5(3,6)7;1-2/h10-13H,2,4-9H2,1,3H3;6-9H,3-5H2,1-2H3;3-6H,2H2,1H3;3-6H2,1-2H3;1H2,2-3H3;1-2H3. The molecule has 0 aliphatic carbocycles. The van der Waals surface area contributed by atoms with Crippen molar-refractivity contribution in [3.63, 3.8) is 0 Å². The number of pyridine rings is 1. The number of allylic oxidation sites excluding steroid dienone is 3. The highest BCUT2D eigenvalue weighted by molar-refractivity contribution is 5.63. The number of aryl methyl sites for hydroxylation is 4. The Morgan fingerprint density at radius 3 is 1.49 bits per heavy atom. The van der Waals surface area contributed by atoms with Crippen molar-refractivity contribution >= 4 is 5.57 Å². The molecule has 0 amide bonds. The molecule has 0 fully saturated rings. The second-order valence-electron chi connectivity index (χ2n) is 13.0. The zero-order valence-corrected chi connectivity index (χ0v) is 34.9. The van der Waals surface area contributed by atoms with Gasteiger partial charge in [-0.15, -0.1) is 6.58 Å². The number of nitrogens with zero attached hydrogens (tertiary/aromatic N) is 1. The normalized spacial score (nSPS) is 9.75. The fourth-order valence-electron chi connectivity index (χ4n) is 4.13. The fourth-order valence-corrected chi connectivity index (χ4v) is 4.13. The van der Waals surface area contributed by atoms with Crippen LogP contribution in [0.3, 0.4) is 0 Å². The molecule has 3 heteroatoms. The van der Waals surface area contributed by atoms with Gasteiger partial charge in [0.2, 0.25) is 0 Å². The van der Waals surface area contributed by atoms with Crippen LogP contribution in [0.15, 0.2) is 104 Å². The molecule has 0 aliphatic heterocycles. The van der Waals surface area contributed by atoms with Crippen molar-refractivity contribution in [1.29, 1.82) is 0 Å². The zero-order valence-electron chi connectivity index (χ0n) is 34.9.